The van der Waals surface area contributed by atoms with E-state index in [-0.39, 0.29) is 6.04 Å². The summed E-state index contributed by atoms with van der Waals surface area (Å²) in [4.78, 5) is 23.3. The van der Waals surface area contributed by atoms with Crippen molar-refractivity contribution in [2.24, 2.45) is 5.73 Å². The maximum absolute atomic E-state index is 9.77. The van der Waals surface area contributed by atoms with E-state index in [0.29, 0.717) is 0 Å². The number of hydrogen-bond acceptors (Lipinski definition) is 8. The Kier molecular flexibility index (Phi) is 11.7. The molecule has 9 nitrogen and oxygen atoms in total. The lowest BCUT2D eigenvalue weighted by molar-refractivity contribution is -0.165. The summed E-state index contributed by atoms with van der Waals surface area (Å²) < 4.78 is 5.33. The molecule has 1 aromatic rings. The maximum atomic E-state index is 9.77. The number of ether oxygens (including phenoxy) is 1. The van der Waals surface area contributed by atoms with Crippen LogP contribution in [-0.4, -0.2) is 94.1 Å². The van der Waals surface area contributed by atoms with E-state index in [9.17, 15) is 9.59 Å². The van der Waals surface area contributed by atoms with E-state index in [0.717, 1.165) is 45.0 Å². The van der Waals surface area contributed by atoms with Gasteiger partial charge < -0.3 is 30.9 Å². The first-order chi connectivity index (χ1) is 13.3. The molecule has 1 saturated heterocycles. The van der Waals surface area contributed by atoms with E-state index in [2.05, 4.69) is 29.2 Å². The normalized spacial score (nSPS) is 17.7. The summed E-state index contributed by atoms with van der Waals surface area (Å²) in [5.41, 5.74) is 6.16. The van der Waals surface area contributed by atoms with Crippen molar-refractivity contribution in [1.82, 2.24) is 4.90 Å². The molecule has 0 bridgehead atoms. The van der Waals surface area contributed by atoms with Gasteiger partial charge in [-0.05, 0) is 25.1 Å². The van der Waals surface area contributed by atoms with Crippen LogP contribution in [0, 0.1) is 0 Å². The minimum Gasteiger partial charge on any atom is -0.479 e. The Labute approximate surface area is 168 Å². The second-order valence-corrected chi connectivity index (χ2v) is 7.29. The van der Waals surface area contributed by atoms with Crippen molar-refractivity contribution in [2.75, 3.05) is 38.6 Å². The Morgan fingerprint density at radius 1 is 1.07 bits per heavy atom. The predicted molar refractivity (Wildman–Crippen MR) is 104 cm³/mol. The second-order valence-electron chi connectivity index (χ2n) is 6.19. The minimum absolute atomic E-state index is 0.276. The maximum Gasteiger partial charge on any atom is 0.335 e. The molecule has 3 atom stereocenters. The van der Waals surface area contributed by atoms with Crippen LogP contribution >= 0.6 is 11.8 Å². The van der Waals surface area contributed by atoms with Crippen LogP contribution in [0.5, 0.6) is 0 Å². The molecule has 0 spiro atoms. The molecule has 0 aromatic heterocycles. The molecule has 1 aliphatic rings. The van der Waals surface area contributed by atoms with Gasteiger partial charge >= 0.3 is 11.9 Å². The largest absolute Gasteiger partial charge is 0.479 e. The highest BCUT2D eigenvalue weighted by atomic mass is 32.2. The molecule has 1 aliphatic heterocycles. The van der Waals surface area contributed by atoms with E-state index >= 15 is 0 Å². The van der Waals surface area contributed by atoms with E-state index in [4.69, 9.17) is 30.9 Å². The third kappa shape index (κ3) is 10.0. The van der Waals surface area contributed by atoms with E-state index in [1.165, 1.54) is 4.90 Å². The molecule has 158 valence electrons. The standard InChI is InChI=1S/C14H22N2OS.C4H6O6/c15-13(6-7-16-8-10-17-11-9-16)12-18-14-4-2-1-3-5-14;5-1(3(7)8)2(6)4(9)10/h1-5,13H,6-12,15H2;1-2,5-6H,(H,7,8)(H,9,10)/t;1-,2-/m.1/s1. The van der Waals surface area contributed by atoms with Gasteiger partial charge in [-0.2, -0.15) is 0 Å². The number of nitrogens with zero attached hydrogens (tertiary/aromatic N) is 1. The Balaban J connectivity index is 0.000000336. The van der Waals surface area contributed by atoms with Crippen molar-refractivity contribution in [3.05, 3.63) is 30.3 Å². The molecule has 28 heavy (non-hydrogen) atoms. The number of carboxylic acids is 2. The molecule has 1 fully saturated rings. The van der Waals surface area contributed by atoms with Crippen molar-refractivity contribution in [3.63, 3.8) is 0 Å². The molecule has 0 saturated carbocycles. The number of carbonyl (C=O) groups is 2. The number of morpholine rings is 1. The summed E-state index contributed by atoms with van der Waals surface area (Å²) >= 11 is 1.85. The van der Waals surface area contributed by atoms with Crippen LogP contribution in [0.15, 0.2) is 35.2 Å². The minimum atomic E-state index is -2.27. The summed E-state index contributed by atoms with van der Waals surface area (Å²) in [6.45, 7) is 4.94. The second kappa shape index (κ2) is 13.5. The fourth-order valence-electron chi connectivity index (χ4n) is 2.25. The number of rotatable bonds is 9. The molecular formula is C18H28N2O7S. The number of thioether (sulfide) groups is 1. The Morgan fingerprint density at radius 3 is 2.11 bits per heavy atom. The van der Waals surface area contributed by atoms with Crippen LogP contribution < -0.4 is 5.73 Å². The smallest absolute Gasteiger partial charge is 0.335 e. The van der Waals surface area contributed by atoms with Crippen LogP contribution in [0.2, 0.25) is 0 Å². The van der Waals surface area contributed by atoms with Gasteiger partial charge in [0.15, 0.2) is 12.2 Å². The van der Waals surface area contributed by atoms with E-state index < -0.39 is 24.1 Å². The fourth-order valence-corrected chi connectivity index (χ4v) is 3.17. The first kappa shape index (κ1) is 24.3. The molecule has 1 heterocycles. The van der Waals surface area contributed by atoms with Crippen LogP contribution in [0.4, 0.5) is 0 Å². The lowest BCUT2D eigenvalue weighted by atomic mass is 10.2. The van der Waals surface area contributed by atoms with Crippen LogP contribution in [0.25, 0.3) is 0 Å². The van der Waals surface area contributed by atoms with Gasteiger partial charge in [-0.15, -0.1) is 11.8 Å². The fraction of sp³-hybridized carbons (Fsp3) is 0.556. The van der Waals surface area contributed by atoms with Gasteiger partial charge in [-0.1, -0.05) is 18.2 Å². The van der Waals surface area contributed by atoms with Gasteiger partial charge in [0.25, 0.3) is 0 Å². The predicted octanol–water partition coefficient (Wildman–Crippen LogP) is -0.294. The van der Waals surface area contributed by atoms with Crippen molar-refractivity contribution < 1.29 is 34.8 Å². The Morgan fingerprint density at radius 2 is 1.61 bits per heavy atom. The molecule has 2 rings (SSSR count). The molecule has 6 N–H and O–H groups in total. The SMILES string of the molecule is NC(CCN1CCOCC1)CSc1ccccc1.O=C(O)[C@H](O)[C@@H](O)C(=O)O. The lowest BCUT2D eigenvalue weighted by Gasteiger charge is -2.27. The Hall–Kier alpha value is -1.69. The first-order valence-corrected chi connectivity index (χ1v) is 9.85. The topological polar surface area (TPSA) is 154 Å². The molecule has 0 aliphatic carbocycles. The summed E-state index contributed by atoms with van der Waals surface area (Å²) in [5, 5.41) is 32.5. The van der Waals surface area contributed by atoms with Crippen molar-refractivity contribution in [2.45, 2.75) is 29.6 Å². The number of aliphatic hydroxyl groups excluding tert-OH is 2. The monoisotopic (exact) mass is 416 g/mol. The molecule has 1 unspecified atom stereocenters. The van der Waals surface area contributed by atoms with Crippen LogP contribution in [0.3, 0.4) is 0 Å². The highest BCUT2D eigenvalue weighted by Crippen LogP contribution is 2.18. The number of aliphatic carboxylic acids is 2. The van der Waals surface area contributed by atoms with Crippen molar-refractivity contribution in [3.8, 4) is 0 Å². The van der Waals surface area contributed by atoms with Crippen molar-refractivity contribution in [1.29, 1.82) is 0 Å². The van der Waals surface area contributed by atoms with Gasteiger partial charge in [0, 0.05) is 29.8 Å². The summed E-state index contributed by atoms with van der Waals surface area (Å²) in [6, 6.07) is 10.7. The number of aliphatic hydroxyl groups is 2. The molecular weight excluding hydrogens is 388 g/mol. The van der Waals surface area contributed by atoms with E-state index in [1.807, 2.05) is 17.8 Å². The zero-order valence-electron chi connectivity index (χ0n) is 15.5. The molecule has 1 aromatic carbocycles. The molecule has 0 amide bonds. The number of hydrogen-bond donors (Lipinski definition) is 5. The van der Waals surface area contributed by atoms with Crippen LogP contribution in [-0.2, 0) is 14.3 Å². The van der Waals surface area contributed by atoms with Gasteiger partial charge in [0.05, 0.1) is 13.2 Å². The summed E-state index contributed by atoms with van der Waals surface area (Å²) in [6.07, 6.45) is -3.46. The number of nitrogens with two attached hydrogens (primary N) is 1. The zero-order valence-corrected chi connectivity index (χ0v) is 16.3. The number of carboxylic acid groups (broad SMARTS) is 2. The lowest BCUT2D eigenvalue weighted by Crippen LogP contribution is -2.39. The Bertz CT molecular complexity index is 567. The van der Waals surface area contributed by atoms with E-state index in [1.54, 1.807) is 0 Å². The average Bonchev–Trinajstić information content (AvgIpc) is 2.71. The highest BCUT2D eigenvalue weighted by Gasteiger charge is 2.29. The van der Waals surface area contributed by atoms with Gasteiger partial charge in [0.2, 0.25) is 0 Å². The van der Waals surface area contributed by atoms with Gasteiger partial charge in [0.1, 0.15) is 0 Å². The van der Waals surface area contributed by atoms with Gasteiger partial charge in [-0.3, -0.25) is 4.90 Å². The third-order valence-corrected chi connectivity index (χ3v) is 5.13. The average molecular weight is 416 g/mol. The van der Waals surface area contributed by atoms with Gasteiger partial charge in [-0.25, -0.2) is 9.59 Å². The number of benzene rings is 1. The van der Waals surface area contributed by atoms with Crippen molar-refractivity contribution >= 4 is 23.7 Å². The third-order valence-electron chi connectivity index (χ3n) is 3.93. The highest BCUT2D eigenvalue weighted by molar-refractivity contribution is 7.99. The summed E-state index contributed by atoms with van der Waals surface area (Å²) in [5.74, 6) is -2.54. The molecule has 10 heteroatoms. The molecule has 0 radical (unpaired) electrons. The summed E-state index contributed by atoms with van der Waals surface area (Å²) in [7, 11) is 0. The first-order valence-electron chi connectivity index (χ1n) is 8.86. The van der Waals surface area contributed by atoms with Crippen LogP contribution in [0.1, 0.15) is 6.42 Å². The quantitative estimate of drug-likeness (QED) is 0.339. The zero-order chi connectivity index (χ0) is 20.9.